The molecule has 0 atom stereocenters. The highest BCUT2D eigenvalue weighted by Crippen LogP contribution is 2.30. The van der Waals surface area contributed by atoms with E-state index in [2.05, 4.69) is 10.6 Å². The van der Waals surface area contributed by atoms with Crippen LogP contribution in [0.25, 0.3) is 0 Å². The maximum atomic E-state index is 12.7. The summed E-state index contributed by atoms with van der Waals surface area (Å²) in [5.41, 5.74) is -0.624. The van der Waals surface area contributed by atoms with Crippen molar-refractivity contribution in [1.82, 2.24) is 15.5 Å². The highest BCUT2D eigenvalue weighted by Gasteiger charge is 2.42. The molecule has 5 nitrogen and oxygen atoms in total. The van der Waals surface area contributed by atoms with Crippen LogP contribution < -0.4 is 10.6 Å². The van der Waals surface area contributed by atoms with Crippen LogP contribution in [0.1, 0.15) is 39.0 Å². The summed E-state index contributed by atoms with van der Waals surface area (Å²) in [7, 11) is 0. The minimum absolute atomic E-state index is 0.0969. The third-order valence-electron chi connectivity index (χ3n) is 3.94. The molecule has 0 bridgehead atoms. The SMILES string of the molecule is CC(=O)NC1(C(=O)N2CCNCC2)CCCCC1. The quantitative estimate of drug-likeness (QED) is 0.742. The van der Waals surface area contributed by atoms with E-state index >= 15 is 0 Å². The Kier molecular flexibility index (Phi) is 4.22. The molecule has 0 radical (unpaired) electrons. The topological polar surface area (TPSA) is 61.4 Å². The summed E-state index contributed by atoms with van der Waals surface area (Å²) < 4.78 is 0. The number of nitrogens with zero attached hydrogens (tertiary/aromatic N) is 1. The second-order valence-electron chi connectivity index (χ2n) is 5.37. The number of nitrogens with one attached hydrogen (secondary N) is 2. The molecule has 0 aromatic heterocycles. The van der Waals surface area contributed by atoms with Crippen LogP contribution in [-0.2, 0) is 9.59 Å². The van der Waals surface area contributed by atoms with Gasteiger partial charge in [0.1, 0.15) is 5.54 Å². The first-order valence-electron chi connectivity index (χ1n) is 6.93. The van der Waals surface area contributed by atoms with Crippen molar-refractivity contribution in [3.63, 3.8) is 0 Å². The van der Waals surface area contributed by atoms with Gasteiger partial charge in [-0.3, -0.25) is 9.59 Å². The van der Waals surface area contributed by atoms with Crippen LogP contribution in [0.4, 0.5) is 0 Å². The van der Waals surface area contributed by atoms with E-state index in [1.807, 2.05) is 4.90 Å². The van der Waals surface area contributed by atoms with Crippen LogP contribution in [0.2, 0.25) is 0 Å². The zero-order chi connectivity index (χ0) is 13.0. The van der Waals surface area contributed by atoms with Gasteiger partial charge in [-0.05, 0) is 12.8 Å². The van der Waals surface area contributed by atoms with Gasteiger partial charge in [0.15, 0.2) is 0 Å². The van der Waals surface area contributed by atoms with E-state index in [0.29, 0.717) is 0 Å². The summed E-state index contributed by atoms with van der Waals surface area (Å²) in [5.74, 6) is 0.0271. The molecule has 18 heavy (non-hydrogen) atoms. The molecule has 5 heteroatoms. The largest absolute Gasteiger partial charge is 0.342 e. The van der Waals surface area contributed by atoms with Crippen molar-refractivity contribution in [2.24, 2.45) is 0 Å². The molecule has 1 heterocycles. The van der Waals surface area contributed by atoms with Crippen molar-refractivity contribution in [3.8, 4) is 0 Å². The lowest BCUT2D eigenvalue weighted by Gasteiger charge is -2.41. The molecular weight excluding hydrogens is 230 g/mol. The summed E-state index contributed by atoms with van der Waals surface area (Å²) >= 11 is 0. The van der Waals surface area contributed by atoms with Crippen molar-refractivity contribution in [2.45, 2.75) is 44.6 Å². The summed E-state index contributed by atoms with van der Waals surface area (Å²) in [6, 6.07) is 0. The predicted octanol–water partition coefficient (Wildman–Crippen LogP) is 0.257. The van der Waals surface area contributed by atoms with Gasteiger partial charge in [0.2, 0.25) is 11.8 Å². The number of carbonyl (C=O) groups excluding carboxylic acids is 2. The fourth-order valence-electron chi connectivity index (χ4n) is 3.06. The van der Waals surface area contributed by atoms with Crippen LogP contribution in [0.15, 0.2) is 0 Å². The van der Waals surface area contributed by atoms with Gasteiger partial charge in [0, 0.05) is 33.1 Å². The monoisotopic (exact) mass is 253 g/mol. The van der Waals surface area contributed by atoms with E-state index in [0.717, 1.165) is 58.3 Å². The average Bonchev–Trinajstić information content (AvgIpc) is 2.39. The first-order valence-corrected chi connectivity index (χ1v) is 6.93. The van der Waals surface area contributed by atoms with Crippen molar-refractivity contribution < 1.29 is 9.59 Å². The number of amides is 2. The molecule has 0 unspecified atom stereocenters. The normalized spacial score (nSPS) is 23.5. The second-order valence-corrected chi connectivity index (χ2v) is 5.37. The molecule has 1 aliphatic heterocycles. The Bertz CT molecular complexity index is 318. The van der Waals surface area contributed by atoms with Crippen LogP contribution in [0.5, 0.6) is 0 Å². The smallest absolute Gasteiger partial charge is 0.248 e. The zero-order valence-electron chi connectivity index (χ0n) is 11.1. The van der Waals surface area contributed by atoms with Crippen molar-refractivity contribution >= 4 is 11.8 Å². The van der Waals surface area contributed by atoms with Gasteiger partial charge >= 0.3 is 0 Å². The number of rotatable bonds is 2. The summed E-state index contributed by atoms with van der Waals surface area (Å²) in [6.07, 6.45) is 4.79. The second kappa shape index (κ2) is 5.69. The van der Waals surface area contributed by atoms with Gasteiger partial charge in [0.05, 0.1) is 0 Å². The lowest BCUT2D eigenvalue weighted by Crippen LogP contribution is -2.62. The lowest BCUT2D eigenvalue weighted by molar-refractivity contribution is -0.143. The first-order chi connectivity index (χ1) is 8.64. The molecule has 102 valence electrons. The molecule has 0 aromatic carbocycles. The summed E-state index contributed by atoms with van der Waals surface area (Å²) in [6.45, 7) is 4.70. The predicted molar refractivity (Wildman–Crippen MR) is 69.1 cm³/mol. The van der Waals surface area contributed by atoms with E-state index in [9.17, 15) is 9.59 Å². The average molecular weight is 253 g/mol. The molecule has 1 saturated heterocycles. The van der Waals surface area contributed by atoms with Gasteiger partial charge in [-0.15, -0.1) is 0 Å². The number of carbonyl (C=O) groups is 2. The van der Waals surface area contributed by atoms with E-state index in [-0.39, 0.29) is 11.8 Å². The molecule has 0 spiro atoms. The van der Waals surface area contributed by atoms with E-state index in [1.165, 1.54) is 6.92 Å². The Morgan fingerprint density at radius 1 is 1.11 bits per heavy atom. The molecule has 2 amide bonds. The van der Waals surface area contributed by atoms with E-state index in [4.69, 9.17) is 0 Å². The van der Waals surface area contributed by atoms with Crippen molar-refractivity contribution in [2.75, 3.05) is 26.2 Å². The standard InChI is InChI=1S/C13H23N3O2/c1-11(17)15-13(5-3-2-4-6-13)12(18)16-9-7-14-8-10-16/h14H,2-10H2,1H3,(H,15,17). The van der Waals surface area contributed by atoms with E-state index < -0.39 is 5.54 Å². The number of piperazine rings is 1. The fraction of sp³-hybridized carbons (Fsp3) is 0.846. The molecule has 1 aliphatic carbocycles. The Morgan fingerprint density at radius 2 is 1.72 bits per heavy atom. The van der Waals surface area contributed by atoms with Gasteiger partial charge in [-0.25, -0.2) is 0 Å². The highest BCUT2D eigenvalue weighted by atomic mass is 16.2. The van der Waals surface area contributed by atoms with Gasteiger partial charge in [-0.2, -0.15) is 0 Å². The maximum Gasteiger partial charge on any atom is 0.248 e. The molecule has 2 fully saturated rings. The third kappa shape index (κ3) is 2.83. The lowest BCUT2D eigenvalue weighted by atomic mass is 9.80. The third-order valence-corrected chi connectivity index (χ3v) is 3.94. The van der Waals surface area contributed by atoms with Gasteiger partial charge in [-0.1, -0.05) is 19.3 Å². The zero-order valence-corrected chi connectivity index (χ0v) is 11.1. The molecule has 2 aliphatic rings. The Morgan fingerprint density at radius 3 is 2.28 bits per heavy atom. The molecular formula is C13H23N3O2. The van der Waals surface area contributed by atoms with E-state index in [1.54, 1.807) is 0 Å². The number of hydrogen-bond acceptors (Lipinski definition) is 3. The Hall–Kier alpha value is -1.10. The van der Waals surface area contributed by atoms with Crippen LogP contribution in [-0.4, -0.2) is 48.4 Å². The Labute approximate surface area is 108 Å². The molecule has 1 saturated carbocycles. The maximum absolute atomic E-state index is 12.7. The minimum Gasteiger partial charge on any atom is -0.342 e. The molecule has 2 N–H and O–H groups in total. The van der Waals surface area contributed by atoms with Crippen LogP contribution >= 0.6 is 0 Å². The van der Waals surface area contributed by atoms with Gasteiger partial charge in [0.25, 0.3) is 0 Å². The fourth-order valence-corrected chi connectivity index (χ4v) is 3.06. The first kappa shape index (κ1) is 13.3. The Balaban J connectivity index is 2.11. The minimum atomic E-state index is -0.624. The van der Waals surface area contributed by atoms with Crippen molar-refractivity contribution in [1.29, 1.82) is 0 Å². The number of hydrogen-bond donors (Lipinski definition) is 2. The van der Waals surface area contributed by atoms with Crippen molar-refractivity contribution in [3.05, 3.63) is 0 Å². The molecule has 2 rings (SSSR count). The van der Waals surface area contributed by atoms with Gasteiger partial charge < -0.3 is 15.5 Å². The highest BCUT2D eigenvalue weighted by molar-refractivity contribution is 5.91. The summed E-state index contributed by atoms with van der Waals surface area (Å²) in [5, 5.41) is 6.19. The van der Waals surface area contributed by atoms with Crippen LogP contribution in [0.3, 0.4) is 0 Å². The molecule has 0 aromatic rings. The summed E-state index contributed by atoms with van der Waals surface area (Å²) in [4.78, 5) is 26.0. The van der Waals surface area contributed by atoms with Crippen LogP contribution in [0, 0.1) is 0 Å².